The first-order valence-corrected chi connectivity index (χ1v) is 15.5. The van der Waals surface area contributed by atoms with Crippen LogP contribution in [0.4, 0.5) is 0 Å². The molecule has 0 fully saturated rings. The standard InChI is InChI=1S/C21H22NPS2Se/c1-22(2)17-18-11-9-10-16-21(18)26-25-23(24,19-12-5-3-6-13-19)20-14-7-4-8-15-20/h3-16H,17H2,1-2H3. The Bertz CT molecular complexity index is 841. The summed E-state index contributed by atoms with van der Waals surface area (Å²) in [6.07, 6.45) is 0. The number of rotatable bonds is 7. The Kier molecular flexibility index (Phi) is 7.17. The van der Waals surface area contributed by atoms with Crippen molar-refractivity contribution in [3.05, 3.63) is 90.5 Å². The molecule has 1 nitrogen and oxygen atoms in total. The van der Waals surface area contributed by atoms with Gasteiger partial charge in [0.15, 0.2) is 0 Å². The Morgan fingerprint density at radius 3 is 1.85 bits per heavy atom. The molecule has 3 rings (SSSR count). The summed E-state index contributed by atoms with van der Waals surface area (Å²) < 4.78 is 1.44. The predicted octanol–water partition coefficient (Wildman–Crippen LogP) is 3.77. The number of hydrogen-bond donors (Lipinski definition) is 0. The molecule has 0 aliphatic carbocycles. The minimum atomic E-state index is -1.88. The molecule has 0 spiro atoms. The molecule has 3 aromatic rings. The minimum absolute atomic E-state index is 0.272. The van der Waals surface area contributed by atoms with Crippen molar-refractivity contribution in [3.8, 4) is 0 Å². The maximum absolute atomic E-state index is 6.34. The fraction of sp³-hybridized carbons (Fsp3) is 0.143. The Labute approximate surface area is 171 Å². The first-order valence-electron chi connectivity index (χ1n) is 8.40. The van der Waals surface area contributed by atoms with Crippen LogP contribution in [-0.2, 0) is 18.4 Å². The van der Waals surface area contributed by atoms with Crippen molar-refractivity contribution in [2.75, 3.05) is 14.1 Å². The van der Waals surface area contributed by atoms with E-state index >= 15 is 0 Å². The van der Waals surface area contributed by atoms with E-state index in [1.54, 1.807) is 0 Å². The molecule has 0 heterocycles. The Hall–Kier alpha value is -0.861. The monoisotopic (exact) mass is 463 g/mol. The zero-order valence-electron chi connectivity index (χ0n) is 14.9. The second-order valence-corrected chi connectivity index (χ2v) is 17.9. The molecule has 0 saturated heterocycles. The third-order valence-electron chi connectivity index (χ3n) is 3.88. The van der Waals surface area contributed by atoms with Gasteiger partial charge in [0, 0.05) is 0 Å². The third kappa shape index (κ3) is 4.89. The number of nitrogens with zero attached hydrogens (tertiary/aromatic N) is 1. The van der Waals surface area contributed by atoms with Gasteiger partial charge in [-0.05, 0) is 0 Å². The second kappa shape index (κ2) is 9.37. The molecule has 0 aliphatic rings. The molecule has 0 saturated carbocycles. The molecular formula is C21H22NPS2Se. The Morgan fingerprint density at radius 2 is 1.31 bits per heavy atom. The van der Waals surface area contributed by atoms with E-state index in [0.29, 0.717) is 0 Å². The molecular weight excluding hydrogens is 440 g/mol. The van der Waals surface area contributed by atoms with Crippen LogP contribution in [0.5, 0.6) is 0 Å². The first-order chi connectivity index (χ1) is 12.6. The molecule has 0 aliphatic heterocycles. The predicted molar refractivity (Wildman–Crippen MR) is 123 cm³/mol. The fourth-order valence-electron chi connectivity index (χ4n) is 2.63. The number of benzene rings is 3. The van der Waals surface area contributed by atoms with Gasteiger partial charge in [0.05, 0.1) is 0 Å². The van der Waals surface area contributed by atoms with E-state index in [9.17, 15) is 0 Å². The van der Waals surface area contributed by atoms with Crippen LogP contribution < -0.4 is 15.1 Å². The molecule has 0 N–H and O–H groups in total. The average Bonchev–Trinajstić information content (AvgIpc) is 2.68. The summed E-state index contributed by atoms with van der Waals surface area (Å²) in [6, 6.07) is 30.1. The summed E-state index contributed by atoms with van der Waals surface area (Å²) in [7, 11) is 6.23. The summed E-state index contributed by atoms with van der Waals surface area (Å²) in [6.45, 7) is 0.970. The quantitative estimate of drug-likeness (QED) is 0.389. The van der Waals surface area contributed by atoms with Crippen LogP contribution in [0, 0.1) is 0 Å². The zero-order valence-corrected chi connectivity index (χ0v) is 19.1. The third-order valence-corrected chi connectivity index (χ3v) is 19.9. The molecule has 134 valence electrons. The van der Waals surface area contributed by atoms with Gasteiger partial charge in [0.2, 0.25) is 0 Å². The van der Waals surface area contributed by atoms with Crippen molar-refractivity contribution < 1.29 is 0 Å². The maximum atomic E-state index is 6.34. The van der Waals surface area contributed by atoms with E-state index in [-0.39, 0.29) is 13.8 Å². The van der Waals surface area contributed by atoms with Gasteiger partial charge in [-0.25, -0.2) is 0 Å². The average molecular weight is 462 g/mol. The summed E-state index contributed by atoms with van der Waals surface area (Å²) in [5, 5.41) is 0.701. The van der Waals surface area contributed by atoms with E-state index in [0.717, 1.165) is 6.54 Å². The van der Waals surface area contributed by atoms with E-state index in [1.165, 1.54) is 20.6 Å². The Balaban J connectivity index is 1.93. The molecule has 26 heavy (non-hydrogen) atoms. The van der Waals surface area contributed by atoms with E-state index in [2.05, 4.69) is 104 Å². The van der Waals surface area contributed by atoms with Crippen molar-refractivity contribution in [1.82, 2.24) is 4.90 Å². The van der Waals surface area contributed by atoms with Gasteiger partial charge in [-0.15, -0.1) is 0 Å². The van der Waals surface area contributed by atoms with E-state index in [4.69, 9.17) is 11.8 Å². The summed E-state index contributed by atoms with van der Waals surface area (Å²) in [4.78, 5) is 2.23. The molecule has 0 aromatic heterocycles. The SMILES string of the molecule is CN(C)Cc1ccccc1[Se]SP(=S)(c1ccccc1)c1ccccc1. The van der Waals surface area contributed by atoms with Gasteiger partial charge >= 0.3 is 172 Å². The molecule has 0 atom stereocenters. The molecule has 0 unspecified atom stereocenters. The van der Waals surface area contributed by atoms with Crippen molar-refractivity contribution in [3.63, 3.8) is 0 Å². The van der Waals surface area contributed by atoms with Gasteiger partial charge in [-0.1, -0.05) is 0 Å². The first kappa shape index (κ1) is 19.9. The van der Waals surface area contributed by atoms with Crippen LogP contribution >= 0.6 is 15.0 Å². The van der Waals surface area contributed by atoms with Gasteiger partial charge in [-0.2, -0.15) is 0 Å². The van der Waals surface area contributed by atoms with Gasteiger partial charge in [-0.3, -0.25) is 0 Å². The van der Waals surface area contributed by atoms with Crippen LogP contribution in [-0.4, -0.2) is 32.8 Å². The molecule has 5 heteroatoms. The van der Waals surface area contributed by atoms with Crippen LogP contribution in [0.15, 0.2) is 84.9 Å². The molecule has 0 radical (unpaired) electrons. The van der Waals surface area contributed by atoms with E-state index in [1.807, 2.05) is 9.80 Å². The van der Waals surface area contributed by atoms with Gasteiger partial charge in [0.25, 0.3) is 0 Å². The number of hydrogen-bond acceptors (Lipinski definition) is 3. The summed E-state index contributed by atoms with van der Waals surface area (Å²) in [5.41, 5.74) is 1.41. The zero-order chi connectivity index (χ0) is 18.4. The molecule has 0 amide bonds. The van der Waals surface area contributed by atoms with Crippen molar-refractivity contribution >= 4 is 55.8 Å². The van der Waals surface area contributed by atoms with Crippen LogP contribution in [0.2, 0.25) is 0 Å². The topological polar surface area (TPSA) is 3.24 Å². The Morgan fingerprint density at radius 1 is 0.808 bits per heavy atom. The van der Waals surface area contributed by atoms with Crippen molar-refractivity contribution in [2.45, 2.75) is 6.54 Å². The normalized spacial score (nSPS) is 11.7. The summed E-state index contributed by atoms with van der Waals surface area (Å²) in [5.74, 6) is 0. The fourth-order valence-corrected chi connectivity index (χ4v) is 16.8. The van der Waals surface area contributed by atoms with Crippen LogP contribution in [0.3, 0.4) is 0 Å². The van der Waals surface area contributed by atoms with Crippen LogP contribution in [0.1, 0.15) is 5.56 Å². The second-order valence-electron chi connectivity index (χ2n) is 6.23. The van der Waals surface area contributed by atoms with Gasteiger partial charge in [0.1, 0.15) is 0 Å². The van der Waals surface area contributed by atoms with E-state index < -0.39 is 5.24 Å². The van der Waals surface area contributed by atoms with Crippen molar-refractivity contribution in [1.29, 1.82) is 0 Å². The summed E-state index contributed by atoms with van der Waals surface area (Å²) >= 11 is 6.62. The molecule has 0 bridgehead atoms. The molecule has 3 aromatic carbocycles. The van der Waals surface area contributed by atoms with Crippen LogP contribution in [0.25, 0.3) is 0 Å². The van der Waals surface area contributed by atoms with Crippen molar-refractivity contribution in [2.24, 2.45) is 0 Å². The van der Waals surface area contributed by atoms with Gasteiger partial charge < -0.3 is 0 Å².